The van der Waals surface area contributed by atoms with Crippen LogP contribution in [0.4, 0.5) is 0 Å². The van der Waals surface area contributed by atoms with Crippen LogP contribution in [0.15, 0.2) is 134 Å². The molecule has 0 aliphatic carbocycles. The number of ether oxygens (including phenoxy) is 1. The fourth-order valence-corrected chi connectivity index (χ4v) is 7.74. The molecule has 5 heteroatoms. The van der Waals surface area contributed by atoms with Gasteiger partial charge in [-0.25, -0.2) is 9.97 Å². The van der Waals surface area contributed by atoms with E-state index in [2.05, 4.69) is 154 Å². The summed E-state index contributed by atoms with van der Waals surface area (Å²) >= 11 is 0. The third kappa shape index (κ3) is 5.06. The van der Waals surface area contributed by atoms with E-state index in [4.69, 9.17) is 14.7 Å². The average Bonchev–Trinajstić information content (AvgIpc) is 3.70. The van der Waals surface area contributed by atoms with Crippen molar-refractivity contribution in [1.29, 1.82) is 0 Å². The first-order valence-electron chi connectivity index (χ1n) is 17.7. The van der Waals surface area contributed by atoms with Crippen LogP contribution in [0.3, 0.4) is 0 Å². The second kappa shape index (κ2) is 11.3. The molecule has 0 saturated heterocycles. The molecule has 250 valence electrons. The van der Waals surface area contributed by atoms with Gasteiger partial charge in [-0.15, -0.1) is 0 Å². The van der Waals surface area contributed by atoms with Crippen molar-refractivity contribution >= 4 is 54.4 Å². The average molecular weight is 665 g/mol. The molecule has 0 bridgehead atoms. The van der Waals surface area contributed by atoms with Crippen molar-refractivity contribution < 1.29 is 4.74 Å². The Labute approximate surface area is 297 Å². The van der Waals surface area contributed by atoms with Crippen molar-refractivity contribution in [3.63, 3.8) is 0 Å². The fourth-order valence-electron chi connectivity index (χ4n) is 7.74. The summed E-state index contributed by atoms with van der Waals surface area (Å²) in [6.07, 6.45) is 3.85. The molecule has 0 amide bonds. The molecule has 0 aliphatic heterocycles. The molecule has 6 aromatic carbocycles. The Kier molecular flexibility index (Phi) is 6.88. The predicted octanol–water partition coefficient (Wildman–Crippen LogP) is 12.2. The Morgan fingerprint density at radius 2 is 1.20 bits per heavy atom. The van der Waals surface area contributed by atoms with Gasteiger partial charge in [-0.05, 0) is 86.6 Å². The molecule has 3 heterocycles. The highest BCUT2D eigenvalue weighted by Crippen LogP contribution is 2.41. The summed E-state index contributed by atoms with van der Waals surface area (Å²) in [4.78, 5) is 9.83. The quantitative estimate of drug-likeness (QED) is 0.176. The van der Waals surface area contributed by atoms with Crippen LogP contribution in [0.1, 0.15) is 52.7 Å². The standard InChI is InChI=1S/C46H40N4O/c1-45(2,3)36-13-11-14-37(46(4,5)6)44(36)49-28-48-43-39(49)24-20-30-18-17-29-19-21-31(26-35(29)42(30)43)51-32-22-23-34-33-12-7-8-15-38(33)50(40(34)27-32)41-16-9-10-25-47-41/h7-28H,1-6H3. The molecule has 5 nitrogen and oxygen atoms in total. The number of rotatable bonds is 4. The summed E-state index contributed by atoms with van der Waals surface area (Å²) in [5.74, 6) is 2.42. The van der Waals surface area contributed by atoms with Crippen LogP contribution in [-0.2, 0) is 10.8 Å². The number of nitrogens with zero attached hydrogens (tertiary/aromatic N) is 4. The lowest BCUT2D eigenvalue weighted by atomic mass is 9.78. The molecule has 0 unspecified atom stereocenters. The zero-order valence-electron chi connectivity index (χ0n) is 29.9. The second-order valence-corrected chi connectivity index (χ2v) is 15.6. The Balaban J connectivity index is 1.20. The molecule has 0 radical (unpaired) electrons. The third-order valence-corrected chi connectivity index (χ3v) is 10.1. The van der Waals surface area contributed by atoms with Gasteiger partial charge in [0, 0.05) is 28.4 Å². The van der Waals surface area contributed by atoms with Crippen LogP contribution in [0, 0.1) is 0 Å². The van der Waals surface area contributed by atoms with Crippen molar-refractivity contribution in [2.45, 2.75) is 52.4 Å². The summed E-state index contributed by atoms with van der Waals surface area (Å²) in [6, 6.07) is 42.8. The zero-order valence-corrected chi connectivity index (χ0v) is 29.9. The molecule has 0 aliphatic rings. The summed E-state index contributed by atoms with van der Waals surface area (Å²) in [6.45, 7) is 13.7. The smallest absolute Gasteiger partial charge is 0.137 e. The Hall–Kier alpha value is -5.94. The molecule has 0 atom stereocenters. The van der Waals surface area contributed by atoms with Crippen molar-refractivity contribution in [3.05, 3.63) is 145 Å². The van der Waals surface area contributed by atoms with Crippen molar-refractivity contribution in [3.8, 4) is 23.0 Å². The van der Waals surface area contributed by atoms with Gasteiger partial charge >= 0.3 is 0 Å². The molecule has 51 heavy (non-hydrogen) atoms. The number of benzene rings is 6. The topological polar surface area (TPSA) is 44.9 Å². The molecule has 0 fully saturated rings. The lowest BCUT2D eigenvalue weighted by Gasteiger charge is -2.30. The van der Waals surface area contributed by atoms with Gasteiger partial charge in [0.15, 0.2) is 0 Å². The molecule has 0 N–H and O–H groups in total. The van der Waals surface area contributed by atoms with E-state index >= 15 is 0 Å². The number of para-hydroxylation sites is 2. The van der Waals surface area contributed by atoms with Crippen molar-refractivity contribution in [1.82, 2.24) is 19.1 Å². The van der Waals surface area contributed by atoms with E-state index in [0.717, 1.165) is 66.3 Å². The van der Waals surface area contributed by atoms with Crippen LogP contribution in [0.2, 0.25) is 0 Å². The van der Waals surface area contributed by atoms with Gasteiger partial charge in [0.25, 0.3) is 0 Å². The largest absolute Gasteiger partial charge is 0.457 e. The first-order chi connectivity index (χ1) is 24.6. The zero-order chi connectivity index (χ0) is 35.1. The molecular weight excluding hydrogens is 625 g/mol. The van der Waals surface area contributed by atoms with Crippen molar-refractivity contribution in [2.75, 3.05) is 0 Å². The number of hydrogen-bond donors (Lipinski definition) is 0. The van der Waals surface area contributed by atoms with Crippen LogP contribution >= 0.6 is 0 Å². The molecule has 3 aromatic heterocycles. The summed E-state index contributed by atoms with van der Waals surface area (Å²) < 4.78 is 11.2. The Morgan fingerprint density at radius 1 is 0.529 bits per heavy atom. The minimum Gasteiger partial charge on any atom is -0.457 e. The lowest BCUT2D eigenvalue weighted by molar-refractivity contribution is 0.484. The van der Waals surface area contributed by atoms with Crippen LogP contribution < -0.4 is 4.74 Å². The van der Waals surface area contributed by atoms with Gasteiger partial charge in [-0.3, -0.25) is 9.13 Å². The fraction of sp³-hybridized carbons (Fsp3) is 0.174. The predicted molar refractivity (Wildman–Crippen MR) is 212 cm³/mol. The van der Waals surface area contributed by atoms with E-state index in [1.807, 2.05) is 30.7 Å². The van der Waals surface area contributed by atoms with Crippen LogP contribution in [0.25, 0.3) is 65.9 Å². The third-order valence-electron chi connectivity index (χ3n) is 10.1. The van der Waals surface area contributed by atoms with Crippen molar-refractivity contribution in [2.24, 2.45) is 0 Å². The van der Waals surface area contributed by atoms with Gasteiger partial charge in [0.05, 0.1) is 27.8 Å². The summed E-state index contributed by atoms with van der Waals surface area (Å²) in [7, 11) is 0. The van der Waals surface area contributed by atoms with Crippen LogP contribution in [0.5, 0.6) is 11.5 Å². The molecule has 9 rings (SSSR count). The van der Waals surface area contributed by atoms with Gasteiger partial charge < -0.3 is 4.74 Å². The lowest BCUT2D eigenvalue weighted by Crippen LogP contribution is -2.21. The van der Waals surface area contributed by atoms with Gasteiger partial charge in [0.1, 0.15) is 23.6 Å². The van der Waals surface area contributed by atoms with E-state index < -0.39 is 0 Å². The number of fused-ring (bicyclic) bond motifs is 8. The molecule has 9 aromatic rings. The number of aromatic nitrogens is 4. The highest BCUT2D eigenvalue weighted by molar-refractivity contribution is 6.19. The van der Waals surface area contributed by atoms with E-state index in [-0.39, 0.29) is 10.8 Å². The number of imidazole rings is 1. The highest BCUT2D eigenvalue weighted by Gasteiger charge is 2.27. The maximum Gasteiger partial charge on any atom is 0.137 e. The van der Waals surface area contributed by atoms with Crippen LogP contribution in [-0.4, -0.2) is 19.1 Å². The normalized spacial score (nSPS) is 12.5. The minimum absolute atomic E-state index is 0.0437. The van der Waals surface area contributed by atoms with Gasteiger partial charge in [-0.1, -0.05) is 108 Å². The summed E-state index contributed by atoms with van der Waals surface area (Å²) in [5, 5.41) is 6.89. The number of pyridine rings is 1. The molecule has 0 saturated carbocycles. The van der Waals surface area contributed by atoms with E-state index in [1.54, 1.807) is 0 Å². The Morgan fingerprint density at radius 3 is 1.96 bits per heavy atom. The molecular formula is C46H40N4O. The van der Waals surface area contributed by atoms with Gasteiger partial charge in [-0.2, -0.15) is 0 Å². The highest BCUT2D eigenvalue weighted by atomic mass is 16.5. The first kappa shape index (κ1) is 31.1. The van der Waals surface area contributed by atoms with E-state index in [0.29, 0.717) is 0 Å². The van der Waals surface area contributed by atoms with Gasteiger partial charge in [0.2, 0.25) is 0 Å². The monoisotopic (exact) mass is 664 g/mol. The maximum absolute atomic E-state index is 6.66. The second-order valence-electron chi connectivity index (χ2n) is 15.6. The SMILES string of the molecule is CC(C)(C)c1cccc(C(C)(C)C)c1-n1cnc2c3c(ccc4ccc(Oc5ccc6c7ccccc7n(-c7ccccn7)c6c5)cc43)ccc21. The maximum atomic E-state index is 6.66. The molecule has 0 spiro atoms. The summed E-state index contributed by atoms with van der Waals surface area (Å²) in [5.41, 5.74) is 8.00. The Bertz CT molecular complexity index is 2760. The first-order valence-corrected chi connectivity index (χ1v) is 17.7. The van der Waals surface area contributed by atoms with E-state index in [9.17, 15) is 0 Å². The minimum atomic E-state index is -0.0437. The number of hydrogen-bond acceptors (Lipinski definition) is 3. The van der Waals surface area contributed by atoms with E-state index in [1.165, 1.54) is 22.2 Å².